The summed E-state index contributed by atoms with van der Waals surface area (Å²) in [5, 5.41) is 3.13. The van der Waals surface area contributed by atoms with E-state index >= 15 is 0 Å². The van der Waals surface area contributed by atoms with Crippen LogP contribution in [0.3, 0.4) is 0 Å². The molecule has 1 heterocycles. The zero-order valence-corrected chi connectivity index (χ0v) is 26.8. The van der Waals surface area contributed by atoms with Gasteiger partial charge in [0.15, 0.2) is 0 Å². The van der Waals surface area contributed by atoms with Crippen LogP contribution in [0.25, 0.3) is 0 Å². The molecule has 0 saturated heterocycles. The van der Waals surface area contributed by atoms with Crippen LogP contribution in [0.15, 0.2) is 109 Å². The fourth-order valence-corrected chi connectivity index (χ4v) is 6.52. The van der Waals surface area contributed by atoms with E-state index in [1.54, 1.807) is 4.90 Å². The molecule has 3 amide bonds. The van der Waals surface area contributed by atoms with Crippen molar-refractivity contribution in [3.05, 3.63) is 115 Å². The first-order valence-corrected chi connectivity index (χ1v) is 16.6. The predicted molar refractivity (Wildman–Crippen MR) is 184 cm³/mol. The third kappa shape index (κ3) is 7.65. The number of hydrogen-bond donors (Lipinski definition) is 2. The van der Waals surface area contributed by atoms with Gasteiger partial charge in [0.2, 0.25) is 11.8 Å². The minimum Gasteiger partial charge on any atom is -0.457 e. The summed E-state index contributed by atoms with van der Waals surface area (Å²) in [7, 11) is 0. The first kappa shape index (κ1) is 31.9. The van der Waals surface area contributed by atoms with Crippen molar-refractivity contribution in [1.82, 2.24) is 5.32 Å². The molecule has 0 spiro atoms. The summed E-state index contributed by atoms with van der Waals surface area (Å²) >= 11 is 0. The molecule has 2 aliphatic rings. The second-order valence-corrected chi connectivity index (χ2v) is 12.6. The molecule has 3 atom stereocenters. The van der Waals surface area contributed by atoms with Crippen LogP contribution in [0, 0.1) is 17.8 Å². The number of para-hydroxylation sites is 4. The van der Waals surface area contributed by atoms with Crippen molar-refractivity contribution in [2.45, 2.75) is 51.6 Å². The molecule has 1 fully saturated rings. The largest absolute Gasteiger partial charge is 0.457 e. The van der Waals surface area contributed by atoms with E-state index in [-0.39, 0.29) is 24.9 Å². The van der Waals surface area contributed by atoms with Crippen LogP contribution < -0.4 is 25.6 Å². The van der Waals surface area contributed by atoms with E-state index < -0.39 is 23.8 Å². The zero-order chi connectivity index (χ0) is 32.8. The Morgan fingerprint density at radius 1 is 0.851 bits per heavy atom. The van der Waals surface area contributed by atoms with Crippen molar-refractivity contribution in [2.24, 2.45) is 23.5 Å². The van der Waals surface area contributed by atoms with E-state index in [1.807, 2.05) is 116 Å². The van der Waals surface area contributed by atoms with Gasteiger partial charge in [-0.1, -0.05) is 86.8 Å². The Kier molecular flexibility index (Phi) is 9.86. The second kappa shape index (κ2) is 14.5. The zero-order valence-electron chi connectivity index (χ0n) is 26.8. The van der Waals surface area contributed by atoms with Gasteiger partial charge < -0.3 is 25.6 Å². The molecule has 47 heavy (non-hydrogen) atoms. The summed E-state index contributed by atoms with van der Waals surface area (Å²) in [6.07, 6.45) is 3.96. The number of nitrogens with zero attached hydrogens (tertiary/aromatic N) is 2. The average molecular weight is 631 g/mol. The summed E-state index contributed by atoms with van der Waals surface area (Å²) in [5.41, 5.74) is 9.23. The maximum atomic E-state index is 14.6. The lowest BCUT2D eigenvalue weighted by Gasteiger charge is -2.29. The van der Waals surface area contributed by atoms with Gasteiger partial charge in [0.05, 0.1) is 24.5 Å². The van der Waals surface area contributed by atoms with Crippen LogP contribution in [0.5, 0.6) is 11.5 Å². The van der Waals surface area contributed by atoms with Crippen LogP contribution in [0.2, 0.25) is 0 Å². The van der Waals surface area contributed by atoms with Crippen molar-refractivity contribution < 1.29 is 19.1 Å². The molecular formula is C39H42N4O4. The van der Waals surface area contributed by atoms with Crippen molar-refractivity contribution in [3.63, 3.8) is 0 Å². The lowest BCUT2D eigenvalue weighted by molar-refractivity contribution is -0.135. The molecule has 3 unspecified atom stereocenters. The molecule has 3 N–H and O–H groups in total. The Balaban J connectivity index is 1.35. The number of benzene rings is 4. The summed E-state index contributed by atoms with van der Waals surface area (Å²) in [4.78, 5) is 45.2. The van der Waals surface area contributed by atoms with Gasteiger partial charge in [-0.2, -0.15) is 0 Å². The normalized spacial score (nSPS) is 17.3. The van der Waals surface area contributed by atoms with E-state index in [0.29, 0.717) is 24.5 Å². The smallest absolute Gasteiger partial charge is 0.251 e. The molecule has 242 valence electrons. The second-order valence-electron chi connectivity index (χ2n) is 12.6. The van der Waals surface area contributed by atoms with Gasteiger partial charge in [-0.05, 0) is 72.9 Å². The van der Waals surface area contributed by atoms with Crippen molar-refractivity contribution >= 4 is 34.8 Å². The lowest BCUT2D eigenvalue weighted by atomic mass is 9.83. The number of anilines is 3. The number of ether oxygens (including phenoxy) is 1. The number of carbonyl (C=O) groups is 3. The van der Waals surface area contributed by atoms with Crippen molar-refractivity contribution in [2.75, 3.05) is 16.3 Å². The summed E-state index contributed by atoms with van der Waals surface area (Å²) in [6, 6.07) is 34.1. The molecule has 1 saturated carbocycles. The highest BCUT2D eigenvalue weighted by atomic mass is 16.5. The van der Waals surface area contributed by atoms with Gasteiger partial charge >= 0.3 is 0 Å². The van der Waals surface area contributed by atoms with Gasteiger partial charge in [0.25, 0.3) is 5.91 Å². The molecule has 4 aromatic rings. The third-order valence-corrected chi connectivity index (χ3v) is 9.07. The maximum absolute atomic E-state index is 14.6. The minimum absolute atomic E-state index is 0.227. The number of nitrogens with one attached hydrogen (secondary N) is 1. The quantitative estimate of drug-likeness (QED) is 0.166. The van der Waals surface area contributed by atoms with Crippen LogP contribution >= 0.6 is 0 Å². The van der Waals surface area contributed by atoms with E-state index in [1.165, 1.54) is 0 Å². The Hall–Kier alpha value is -5.11. The topological polar surface area (TPSA) is 105 Å². The molecule has 8 heteroatoms. The standard InChI is InChI=1S/C39H42N4O4/c1-2-12-32(37(40)44)33(24-27-21-22-27)38(45)41-34-26-42(29-14-5-3-6-15-29)35-19-9-10-20-36(35)43(39(34)46)25-28-13-11-18-31(23-28)47-30-16-7-4-8-17-30/h3-11,13-20,23,27,32-34H,2,12,21-22,24-26H2,1H3,(H2,40,44)(H,41,45). The van der Waals surface area contributed by atoms with Gasteiger partial charge in [-0.15, -0.1) is 0 Å². The molecule has 1 aliphatic heterocycles. The van der Waals surface area contributed by atoms with Crippen molar-refractivity contribution in [3.8, 4) is 11.5 Å². The van der Waals surface area contributed by atoms with Crippen LogP contribution in [-0.2, 0) is 20.9 Å². The van der Waals surface area contributed by atoms with E-state index in [0.717, 1.165) is 47.6 Å². The number of primary amides is 1. The highest BCUT2D eigenvalue weighted by molar-refractivity contribution is 6.04. The first-order chi connectivity index (χ1) is 22.9. The van der Waals surface area contributed by atoms with Gasteiger partial charge in [0.1, 0.15) is 17.5 Å². The molecule has 4 aromatic carbocycles. The number of hydrogen-bond acceptors (Lipinski definition) is 5. The molecule has 0 aromatic heterocycles. The summed E-state index contributed by atoms with van der Waals surface area (Å²) in [5.74, 6) is -0.342. The number of rotatable bonds is 13. The molecule has 1 aliphatic carbocycles. The lowest BCUT2D eigenvalue weighted by Crippen LogP contribution is -2.54. The average Bonchev–Trinajstić information content (AvgIpc) is 3.93. The number of carbonyl (C=O) groups excluding carboxylic acids is 3. The van der Waals surface area contributed by atoms with E-state index in [4.69, 9.17) is 10.5 Å². The van der Waals surface area contributed by atoms with Crippen LogP contribution in [0.4, 0.5) is 17.1 Å². The van der Waals surface area contributed by atoms with Gasteiger partial charge in [-0.3, -0.25) is 14.4 Å². The first-order valence-electron chi connectivity index (χ1n) is 16.6. The van der Waals surface area contributed by atoms with Gasteiger partial charge in [-0.25, -0.2) is 0 Å². The number of fused-ring (bicyclic) bond motifs is 1. The monoisotopic (exact) mass is 630 g/mol. The van der Waals surface area contributed by atoms with E-state index in [2.05, 4.69) is 10.2 Å². The van der Waals surface area contributed by atoms with Crippen molar-refractivity contribution in [1.29, 1.82) is 0 Å². The highest BCUT2D eigenvalue weighted by Crippen LogP contribution is 2.40. The minimum atomic E-state index is -0.879. The molecular weight excluding hydrogens is 588 g/mol. The Bertz CT molecular complexity index is 1690. The fourth-order valence-electron chi connectivity index (χ4n) is 6.52. The Labute approximate surface area is 276 Å². The summed E-state index contributed by atoms with van der Waals surface area (Å²) in [6.45, 7) is 2.48. The van der Waals surface area contributed by atoms with Gasteiger partial charge in [0, 0.05) is 17.5 Å². The fraction of sp³-hybridized carbons (Fsp3) is 0.308. The molecule has 8 nitrogen and oxygen atoms in total. The number of nitrogens with two attached hydrogens (primary N) is 1. The molecule has 6 rings (SSSR count). The predicted octanol–water partition coefficient (Wildman–Crippen LogP) is 6.97. The number of amides is 3. The summed E-state index contributed by atoms with van der Waals surface area (Å²) < 4.78 is 6.10. The highest BCUT2D eigenvalue weighted by Gasteiger charge is 2.40. The Morgan fingerprint density at radius 3 is 2.19 bits per heavy atom. The maximum Gasteiger partial charge on any atom is 0.251 e. The third-order valence-electron chi connectivity index (χ3n) is 9.07. The van der Waals surface area contributed by atoms with Crippen LogP contribution in [0.1, 0.15) is 44.6 Å². The Morgan fingerprint density at radius 2 is 1.51 bits per heavy atom. The molecule has 0 bridgehead atoms. The van der Waals surface area contributed by atoms with Crippen LogP contribution in [-0.4, -0.2) is 30.3 Å². The SMILES string of the molecule is CCCC(C(N)=O)C(CC1CC1)C(=O)NC1CN(c2ccccc2)c2ccccc2N(Cc2cccc(Oc3ccccc3)c2)C1=O. The van der Waals surface area contributed by atoms with E-state index in [9.17, 15) is 14.4 Å². The molecule has 0 radical (unpaired) electrons.